The number of rotatable bonds is 7. The number of primary amides is 1. The van der Waals surface area contributed by atoms with Gasteiger partial charge in [-0.2, -0.15) is 0 Å². The van der Waals surface area contributed by atoms with Crippen molar-refractivity contribution in [1.82, 2.24) is 10.2 Å². The predicted octanol–water partition coefficient (Wildman–Crippen LogP) is -1.08. The lowest BCUT2D eigenvalue weighted by atomic mass is 10.1. The van der Waals surface area contributed by atoms with Crippen molar-refractivity contribution in [2.24, 2.45) is 5.73 Å². The van der Waals surface area contributed by atoms with E-state index in [1.165, 1.54) is 0 Å². The number of carbonyl (C=O) groups excluding carboxylic acids is 2. The maximum Gasteiger partial charge on any atom is 0.304 e. The maximum absolute atomic E-state index is 12.1. The Balaban J connectivity index is 2.50. The molecule has 0 aromatic heterocycles. The molecule has 1 heterocycles. The Morgan fingerprint density at radius 3 is 2.39 bits per heavy atom. The molecule has 18 heavy (non-hydrogen) atoms. The van der Waals surface area contributed by atoms with Crippen molar-refractivity contribution < 1.29 is 19.5 Å². The smallest absolute Gasteiger partial charge is 0.304 e. The van der Waals surface area contributed by atoms with Gasteiger partial charge < -0.3 is 21.1 Å². The minimum absolute atomic E-state index is 0.0947. The summed E-state index contributed by atoms with van der Waals surface area (Å²) in [5.41, 5.74) is 5.10. The Morgan fingerprint density at radius 1 is 1.28 bits per heavy atom. The van der Waals surface area contributed by atoms with E-state index < -0.39 is 17.9 Å². The van der Waals surface area contributed by atoms with E-state index in [9.17, 15) is 14.4 Å². The summed E-state index contributed by atoms with van der Waals surface area (Å²) in [7, 11) is 0. The lowest BCUT2D eigenvalue weighted by molar-refractivity contribution is -0.138. The monoisotopic (exact) mass is 257 g/mol. The molecule has 1 aliphatic heterocycles. The van der Waals surface area contributed by atoms with Gasteiger partial charge in [0.1, 0.15) is 0 Å². The first-order valence-corrected chi connectivity index (χ1v) is 6.03. The number of carboxylic acids is 1. The molecule has 1 aliphatic rings. The average molecular weight is 257 g/mol. The fraction of sp³-hybridized carbons (Fsp3) is 0.727. The molecule has 1 atom stereocenters. The molecule has 0 radical (unpaired) electrons. The summed E-state index contributed by atoms with van der Waals surface area (Å²) in [6.45, 7) is 1.52. The standard InChI is InChI=1S/C11H19N3O4/c12-9(15)7-8(13-4-3-10(16)17)11(18)14-5-1-2-6-14/h8,13H,1-7H2,(H2,12,15)(H,16,17). The second-order valence-electron chi connectivity index (χ2n) is 4.35. The van der Waals surface area contributed by atoms with Crippen molar-refractivity contribution in [2.75, 3.05) is 19.6 Å². The molecular weight excluding hydrogens is 238 g/mol. The van der Waals surface area contributed by atoms with Crippen LogP contribution in [0.15, 0.2) is 0 Å². The molecule has 1 rings (SSSR count). The van der Waals surface area contributed by atoms with Gasteiger partial charge in [0.25, 0.3) is 0 Å². The fourth-order valence-electron chi connectivity index (χ4n) is 1.96. The molecule has 7 heteroatoms. The molecule has 0 aromatic rings. The van der Waals surface area contributed by atoms with Crippen molar-refractivity contribution in [3.05, 3.63) is 0 Å². The molecule has 4 N–H and O–H groups in total. The highest BCUT2D eigenvalue weighted by atomic mass is 16.4. The number of carboxylic acid groups (broad SMARTS) is 1. The van der Waals surface area contributed by atoms with Crippen LogP contribution >= 0.6 is 0 Å². The molecule has 1 unspecified atom stereocenters. The van der Waals surface area contributed by atoms with Gasteiger partial charge in [-0.15, -0.1) is 0 Å². The summed E-state index contributed by atoms with van der Waals surface area (Å²) in [4.78, 5) is 35.1. The SMILES string of the molecule is NC(=O)CC(NCCC(=O)O)C(=O)N1CCCC1. The number of nitrogens with one attached hydrogen (secondary N) is 1. The molecule has 102 valence electrons. The Morgan fingerprint density at radius 2 is 1.89 bits per heavy atom. The van der Waals surface area contributed by atoms with Crippen LogP contribution in [0, 0.1) is 0 Å². The first kappa shape index (κ1) is 14.4. The molecule has 1 saturated heterocycles. The second kappa shape index (κ2) is 6.95. The lowest BCUT2D eigenvalue weighted by Crippen LogP contribution is -2.47. The minimum Gasteiger partial charge on any atom is -0.481 e. The second-order valence-corrected chi connectivity index (χ2v) is 4.35. The largest absolute Gasteiger partial charge is 0.481 e. The van der Waals surface area contributed by atoms with Crippen molar-refractivity contribution in [3.8, 4) is 0 Å². The summed E-state index contributed by atoms with van der Waals surface area (Å²) in [5, 5.41) is 11.3. The van der Waals surface area contributed by atoms with Crippen LogP contribution in [0.3, 0.4) is 0 Å². The Hall–Kier alpha value is -1.63. The van der Waals surface area contributed by atoms with E-state index >= 15 is 0 Å². The van der Waals surface area contributed by atoms with Crippen molar-refractivity contribution >= 4 is 17.8 Å². The van der Waals surface area contributed by atoms with Gasteiger partial charge in [0.2, 0.25) is 11.8 Å². The molecule has 0 aromatic carbocycles. The van der Waals surface area contributed by atoms with Gasteiger partial charge in [-0.1, -0.05) is 0 Å². The molecule has 2 amide bonds. The summed E-state index contributed by atoms with van der Waals surface area (Å²) >= 11 is 0. The van der Waals surface area contributed by atoms with Crippen LogP contribution in [0.2, 0.25) is 0 Å². The zero-order chi connectivity index (χ0) is 13.5. The van der Waals surface area contributed by atoms with Gasteiger partial charge in [0.15, 0.2) is 0 Å². The number of nitrogens with two attached hydrogens (primary N) is 1. The van der Waals surface area contributed by atoms with Gasteiger partial charge in [-0.3, -0.25) is 14.4 Å². The summed E-state index contributed by atoms with van der Waals surface area (Å²) in [6.07, 6.45) is 1.73. The van der Waals surface area contributed by atoms with Gasteiger partial charge in [0.05, 0.1) is 18.9 Å². The highest BCUT2D eigenvalue weighted by molar-refractivity contribution is 5.88. The van der Waals surface area contributed by atoms with E-state index in [0.29, 0.717) is 13.1 Å². The van der Waals surface area contributed by atoms with Crippen LogP contribution in [0.5, 0.6) is 0 Å². The van der Waals surface area contributed by atoms with E-state index in [-0.39, 0.29) is 25.3 Å². The van der Waals surface area contributed by atoms with Crippen LogP contribution in [0.25, 0.3) is 0 Å². The van der Waals surface area contributed by atoms with Gasteiger partial charge in [0, 0.05) is 19.6 Å². The third kappa shape index (κ3) is 4.70. The van der Waals surface area contributed by atoms with Crippen LogP contribution in [-0.4, -0.2) is 53.5 Å². The zero-order valence-corrected chi connectivity index (χ0v) is 10.2. The third-order valence-corrected chi connectivity index (χ3v) is 2.85. The lowest BCUT2D eigenvalue weighted by Gasteiger charge is -2.23. The van der Waals surface area contributed by atoms with E-state index in [2.05, 4.69) is 5.32 Å². The molecule has 0 bridgehead atoms. The number of nitrogens with zero attached hydrogens (tertiary/aromatic N) is 1. The third-order valence-electron chi connectivity index (χ3n) is 2.85. The summed E-state index contributed by atoms with van der Waals surface area (Å²) < 4.78 is 0. The van der Waals surface area contributed by atoms with E-state index in [1.807, 2.05) is 0 Å². The fourth-order valence-corrected chi connectivity index (χ4v) is 1.96. The maximum atomic E-state index is 12.1. The Labute approximate surface area is 105 Å². The number of amides is 2. The Kier molecular flexibility index (Phi) is 5.57. The number of hydrogen-bond acceptors (Lipinski definition) is 4. The first-order valence-electron chi connectivity index (χ1n) is 6.03. The summed E-state index contributed by atoms with van der Waals surface area (Å²) in [5.74, 6) is -1.69. The number of likely N-dealkylation sites (tertiary alicyclic amines) is 1. The van der Waals surface area contributed by atoms with Gasteiger partial charge >= 0.3 is 5.97 Å². The van der Waals surface area contributed by atoms with E-state index in [4.69, 9.17) is 10.8 Å². The minimum atomic E-state index is -0.950. The van der Waals surface area contributed by atoms with E-state index in [1.54, 1.807) is 4.90 Å². The number of aliphatic carboxylic acids is 1. The normalized spacial score (nSPS) is 16.6. The molecule has 1 fully saturated rings. The highest BCUT2D eigenvalue weighted by Crippen LogP contribution is 2.10. The van der Waals surface area contributed by atoms with Gasteiger partial charge in [-0.25, -0.2) is 0 Å². The van der Waals surface area contributed by atoms with Crippen LogP contribution in [0.1, 0.15) is 25.7 Å². The zero-order valence-electron chi connectivity index (χ0n) is 10.2. The molecule has 0 aliphatic carbocycles. The van der Waals surface area contributed by atoms with Crippen molar-refractivity contribution in [1.29, 1.82) is 0 Å². The average Bonchev–Trinajstić information content (AvgIpc) is 2.79. The topological polar surface area (TPSA) is 113 Å². The molecule has 0 saturated carbocycles. The number of carbonyl (C=O) groups is 3. The Bertz CT molecular complexity index is 326. The number of hydrogen-bond donors (Lipinski definition) is 3. The van der Waals surface area contributed by atoms with Gasteiger partial charge in [-0.05, 0) is 12.8 Å². The molecular formula is C11H19N3O4. The van der Waals surface area contributed by atoms with Crippen LogP contribution < -0.4 is 11.1 Å². The van der Waals surface area contributed by atoms with Crippen molar-refractivity contribution in [3.63, 3.8) is 0 Å². The van der Waals surface area contributed by atoms with Crippen LogP contribution in [0.4, 0.5) is 0 Å². The summed E-state index contributed by atoms with van der Waals surface area (Å²) in [6, 6.07) is -0.708. The van der Waals surface area contributed by atoms with Crippen molar-refractivity contribution in [2.45, 2.75) is 31.7 Å². The highest BCUT2D eigenvalue weighted by Gasteiger charge is 2.27. The predicted molar refractivity (Wildman–Crippen MR) is 63.7 cm³/mol. The first-order chi connectivity index (χ1) is 8.50. The molecule has 7 nitrogen and oxygen atoms in total. The molecule has 0 spiro atoms. The van der Waals surface area contributed by atoms with Crippen LogP contribution in [-0.2, 0) is 14.4 Å². The quantitative estimate of drug-likeness (QED) is 0.537. The van der Waals surface area contributed by atoms with E-state index in [0.717, 1.165) is 12.8 Å².